The van der Waals surface area contributed by atoms with Crippen molar-refractivity contribution in [3.63, 3.8) is 0 Å². The highest BCUT2D eigenvalue weighted by Gasteiger charge is 2.26. The molecule has 1 fully saturated rings. The molecule has 2 nitrogen and oxygen atoms in total. The lowest BCUT2D eigenvalue weighted by Crippen LogP contribution is -2.09. The second-order valence-electron chi connectivity index (χ2n) is 4.96. The molecule has 1 aromatic carbocycles. The van der Waals surface area contributed by atoms with Gasteiger partial charge in [0.2, 0.25) is 0 Å². The third-order valence-electron chi connectivity index (χ3n) is 3.93. The number of ether oxygens (including phenoxy) is 1. The van der Waals surface area contributed by atoms with E-state index in [9.17, 15) is 0 Å². The van der Waals surface area contributed by atoms with Crippen LogP contribution in [0, 0.1) is 6.57 Å². The fraction of sp³-hybridized carbons (Fsp3) is 0.533. The lowest BCUT2D eigenvalue weighted by molar-refractivity contribution is 0.111. The smallest absolute Gasteiger partial charge is 0.193 e. The highest BCUT2D eigenvalue weighted by atomic mass is 16.5. The zero-order chi connectivity index (χ0) is 11.7. The van der Waals surface area contributed by atoms with Gasteiger partial charge in [-0.15, -0.1) is 0 Å². The molecule has 0 spiro atoms. The van der Waals surface area contributed by atoms with Gasteiger partial charge in [0.15, 0.2) is 5.69 Å². The van der Waals surface area contributed by atoms with E-state index in [0.29, 0.717) is 0 Å². The first-order chi connectivity index (χ1) is 8.40. The van der Waals surface area contributed by atoms with Gasteiger partial charge in [0, 0.05) is 6.61 Å². The monoisotopic (exact) mass is 227 g/mol. The maximum Gasteiger partial charge on any atom is 0.193 e. The summed E-state index contributed by atoms with van der Waals surface area (Å²) in [6, 6.07) is 4.15. The summed E-state index contributed by atoms with van der Waals surface area (Å²) in [5, 5.41) is 0. The fourth-order valence-corrected chi connectivity index (χ4v) is 3.11. The topological polar surface area (TPSA) is 13.6 Å². The maximum absolute atomic E-state index is 7.34. The zero-order valence-corrected chi connectivity index (χ0v) is 10.0. The molecule has 0 saturated carbocycles. The van der Waals surface area contributed by atoms with E-state index in [1.165, 1.54) is 36.0 Å². The number of hydrogen-bond donors (Lipinski definition) is 0. The largest absolute Gasteiger partial charge is 0.375 e. The van der Waals surface area contributed by atoms with E-state index >= 15 is 0 Å². The highest BCUT2D eigenvalue weighted by Crippen LogP contribution is 2.40. The van der Waals surface area contributed by atoms with Crippen LogP contribution in [-0.2, 0) is 17.6 Å². The van der Waals surface area contributed by atoms with Gasteiger partial charge in [-0.1, -0.05) is 12.1 Å². The predicted octanol–water partition coefficient (Wildman–Crippen LogP) is 3.97. The van der Waals surface area contributed by atoms with Crippen LogP contribution in [0.15, 0.2) is 12.1 Å². The summed E-state index contributed by atoms with van der Waals surface area (Å²) in [6.45, 7) is 8.19. The van der Waals surface area contributed by atoms with E-state index in [1.54, 1.807) is 0 Å². The molecule has 0 amide bonds. The van der Waals surface area contributed by atoms with Gasteiger partial charge < -0.3 is 4.74 Å². The van der Waals surface area contributed by atoms with Gasteiger partial charge in [0.1, 0.15) is 0 Å². The number of benzene rings is 1. The number of rotatable bonds is 1. The minimum Gasteiger partial charge on any atom is -0.375 e. The van der Waals surface area contributed by atoms with E-state index in [1.807, 2.05) is 6.07 Å². The summed E-state index contributed by atoms with van der Waals surface area (Å²) in [5.74, 6) is 0. The van der Waals surface area contributed by atoms with Crippen molar-refractivity contribution >= 4 is 5.69 Å². The fourth-order valence-electron chi connectivity index (χ4n) is 3.11. The summed E-state index contributed by atoms with van der Waals surface area (Å²) >= 11 is 0. The van der Waals surface area contributed by atoms with Crippen LogP contribution in [0.3, 0.4) is 0 Å². The van der Waals surface area contributed by atoms with E-state index < -0.39 is 0 Å². The molecule has 1 aliphatic heterocycles. The van der Waals surface area contributed by atoms with Crippen molar-refractivity contribution in [1.82, 2.24) is 0 Å². The lowest BCUT2D eigenvalue weighted by atomic mass is 9.85. The number of hydrogen-bond acceptors (Lipinski definition) is 1. The van der Waals surface area contributed by atoms with Crippen LogP contribution in [0.1, 0.15) is 48.5 Å². The molecule has 0 bridgehead atoms. The van der Waals surface area contributed by atoms with Crippen molar-refractivity contribution in [2.24, 2.45) is 0 Å². The standard InChI is InChI=1S/C15H17NO/c1-16-13-9-8-11-5-2-3-6-12(11)15(13)14-7-4-10-17-14/h8-9,14H,2-7,10H2. The van der Waals surface area contributed by atoms with E-state index in [4.69, 9.17) is 11.3 Å². The lowest BCUT2D eigenvalue weighted by Gasteiger charge is -2.23. The molecule has 1 unspecified atom stereocenters. The van der Waals surface area contributed by atoms with E-state index in [0.717, 1.165) is 31.6 Å². The van der Waals surface area contributed by atoms with Gasteiger partial charge in [-0.3, -0.25) is 0 Å². The van der Waals surface area contributed by atoms with Gasteiger partial charge in [-0.2, -0.15) is 0 Å². The van der Waals surface area contributed by atoms with Crippen molar-refractivity contribution in [3.8, 4) is 0 Å². The third kappa shape index (κ3) is 1.85. The first-order valence-electron chi connectivity index (χ1n) is 6.54. The number of fused-ring (bicyclic) bond motifs is 1. The Morgan fingerprint density at radius 1 is 1.18 bits per heavy atom. The zero-order valence-electron chi connectivity index (χ0n) is 10.0. The second kappa shape index (κ2) is 4.50. The summed E-state index contributed by atoms with van der Waals surface area (Å²) < 4.78 is 5.80. The molecule has 0 aromatic heterocycles. The molecule has 1 saturated heterocycles. The minimum absolute atomic E-state index is 0.187. The second-order valence-corrected chi connectivity index (χ2v) is 4.96. The van der Waals surface area contributed by atoms with Crippen LogP contribution >= 0.6 is 0 Å². The van der Waals surface area contributed by atoms with Crippen LogP contribution in [-0.4, -0.2) is 6.61 Å². The Morgan fingerprint density at radius 2 is 2.06 bits per heavy atom. The Kier molecular flexibility index (Phi) is 2.86. The van der Waals surface area contributed by atoms with E-state index in [-0.39, 0.29) is 6.10 Å². The molecule has 17 heavy (non-hydrogen) atoms. The van der Waals surface area contributed by atoms with Crippen LogP contribution in [0.2, 0.25) is 0 Å². The Bertz CT molecular complexity index is 467. The summed E-state index contributed by atoms with van der Waals surface area (Å²) in [7, 11) is 0. The number of nitrogens with zero attached hydrogens (tertiary/aromatic N) is 1. The molecule has 1 atom stereocenters. The molecule has 1 aliphatic carbocycles. The Morgan fingerprint density at radius 3 is 2.82 bits per heavy atom. The summed E-state index contributed by atoms with van der Waals surface area (Å²) in [6.07, 6.45) is 7.25. The predicted molar refractivity (Wildman–Crippen MR) is 67.3 cm³/mol. The summed E-state index contributed by atoms with van der Waals surface area (Å²) in [5.41, 5.74) is 4.91. The van der Waals surface area contributed by atoms with Gasteiger partial charge >= 0.3 is 0 Å². The Balaban J connectivity index is 2.11. The molecule has 1 heterocycles. The maximum atomic E-state index is 7.34. The van der Waals surface area contributed by atoms with Crippen molar-refractivity contribution in [1.29, 1.82) is 0 Å². The Labute approximate surface area is 102 Å². The molecular weight excluding hydrogens is 210 g/mol. The third-order valence-corrected chi connectivity index (χ3v) is 3.93. The van der Waals surface area contributed by atoms with Crippen molar-refractivity contribution < 1.29 is 4.74 Å². The van der Waals surface area contributed by atoms with Crippen molar-refractivity contribution in [2.75, 3.05) is 6.61 Å². The molecule has 0 radical (unpaired) electrons. The van der Waals surface area contributed by atoms with Crippen LogP contribution in [0.25, 0.3) is 4.85 Å². The molecule has 1 aromatic rings. The molecule has 2 heteroatoms. The average Bonchev–Trinajstić information content (AvgIpc) is 2.91. The quantitative estimate of drug-likeness (QED) is 0.662. The van der Waals surface area contributed by atoms with Gasteiger partial charge in [0.05, 0.1) is 12.7 Å². The SMILES string of the molecule is [C-]#[N+]c1ccc2c(c1C1CCCO1)CCCC2. The van der Waals surface area contributed by atoms with Gasteiger partial charge in [-0.25, -0.2) is 4.85 Å². The minimum atomic E-state index is 0.187. The van der Waals surface area contributed by atoms with Gasteiger partial charge in [-0.05, 0) is 55.2 Å². The van der Waals surface area contributed by atoms with Gasteiger partial charge in [0.25, 0.3) is 0 Å². The summed E-state index contributed by atoms with van der Waals surface area (Å²) in [4.78, 5) is 3.69. The van der Waals surface area contributed by atoms with Crippen LogP contribution in [0.4, 0.5) is 5.69 Å². The van der Waals surface area contributed by atoms with Crippen LogP contribution < -0.4 is 0 Å². The van der Waals surface area contributed by atoms with Crippen LogP contribution in [0.5, 0.6) is 0 Å². The normalized spacial score (nSPS) is 23.1. The molecule has 2 aliphatic rings. The highest BCUT2D eigenvalue weighted by molar-refractivity contribution is 5.59. The molecule has 3 rings (SSSR count). The molecule has 88 valence electrons. The van der Waals surface area contributed by atoms with Crippen molar-refractivity contribution in [2.45, 2.75) is 44.6 Å². The average molecular weight is 227 g/mol. The first kappa shape index (κ1) is 10.8. The molecule has 0 N–H and O–H groups in total. The van der Waals surface area contributed by atoms with Crippen molar-refractivity contribution in [3.05, 3.63) is 40.2 Å². The first-order valence-corrected chi connectivity index (χ1v) is 6.54. The number of aryl methyl sites for hydroxylation is 1. The van der Waals surface area contributed by atoms with E-state index in [2.05, 4.69) is 10.9 Å². The molecular formula is C15H17NO. The Hall–Kier alpha value is -1.33.